The first-order valence-electron chi connectivity index (χ1n) is 20.9. The van der Waals surface area contributed by atoms with Gasteiger partial charge in [0.2, 0.25) is 0 Å². The maximum Gasteiger partial charge on any atom is 0.146 e. The van der Waals surface area contributed by atoms with Gasteiger partial charge in [0.05, 0.1) is 27.9 Å². The van der Waals surface area contributed by atoms with E-state index in [0.29, 0.717) is 0 Å². The molecule has 6 nitrogen and oxygen atoms in total. The summed E-state index contributed by atoms with van der Waals surface area (Å²) >= 11 is 0. The lowest BCUT2D eigenvalue weighted by Crippen LogP contribution is -2.12. The van der Waals surface area contributed by atoms with Gasteiger partial charge in [-0.3, -0.25) is 14.2 Å². The monoisotopic (exact) mass is 782 g/mol. The molecule has 0 radical (unpaired) electrons. The van der Waals surface area contributed by atoms with Gasteiger partial charge >= 0.3 is 0 Å². The highest BCUT2D eigenvalue weighted by molar-refractivity contribution is 6.12. The maximum absolute atomic E-state index is 5.62. The molecule has 296 valence electrons. The molecule has 0 fully saturated rings. The van der Waals surface area contributed by atoms with Crippen molar-refractivity contribution in [1.82, 2.24) is 29.3 Å². The van der Waals surface area contributed by atoms with Crippen LogP contribution in [0.2, 0.25) is 0 Å². The number of pyridine rings is 2. The predicted molar refractivity (Wildman–Crippen MR) is 251 cm³/mol. The van der Waals surface area contributed by atoms with Gasteiger partial charge in [0.25, 0.3) is 0 Å². The van der Waals surface area contributed by atoms with Crippen LogP contribution >= 0.6 is 0 Å². The number of H-pyrrole nitrogens is 1. The minimum Gasteiger partial charge on any atom is -0.294 e. The Morgan fingerprint density at radius 2 is 1.20 bits per heavy atom. The number of benzene rings is 5. The largest absolute Gasteiger partial charge is 0.294 e. The van der Waals surface area contributed by atoms with E-state index < -0.39 is 0 Å². The Bertz CT molecular complexity index is 3280. The number of fused-ring (bicyclic) bond motifs is 6. The van der Waals surface area contributed by atoms with Crippen molar-refractivity contribution in [3.8, 4) is 45.3 Å². The Morgan fingerprint density at radius 3 is 1.95 bits per heavy atom. The number of aryl methyl sites for hydroxylation is 3. The van der Waals surface area contributed by atoms with Gasteiger partial charge in [-0.15, -0.1) is 0 Å². The average Bonchev–Trinajstić information content (AvgIpc) is 3.90. The van der Waals surface area contributed by atoms with E-state index in [0.717, 1.165) is 72.9 Å². The summed E-state index contributed by atoms with van der Waals surface area (Å²) in [5.41, 5.74) is 17.3. The number of hydrogen-bond acceptors (Lipinski definition) is 3. The zero-order valence-corrected chi connectivity index (χ0v) is 35.9. The summed E-state index contributed by atoms with van der Waals surface area (Å²) in [6, 6.07) is 46.2. The van der Waals surface area contributed by atoms with Crippen molar-refractivity contribution in [2.24, 2.45) is 0 Å². The molecule has 0 saturated heterocycles. The lowest BCUT2D eigenvalue weighted by atomic mass is 9.86. The number of nitrogens with one attached hydrogen (secondary N) is 1. The van der Waals surface area contributed by atoms with Gasteiger partial charge in [-0.2, -0.15) is 5.10 Å². The second-order valence-electron chi connectivity index (χ2n) is 18.6. The van der Waals surface area contributed by atoms with Crippen LogP contribution in [-0.4, -0.2) is 29.3 Å². The van der Waals surface area contributed by atoms with Gasteiger partial charge in [0, 0.05) is 44.6 Å². The smallest absolute Gasteiger partial charge is 0.146 e. The van der Waals surface area contributed by atoms with Crippen LogP contribution in [-0.2, 0) is 10.8 Å². The number of para-hydroxylation sites is 1. The van der Waals surface area contributed by atoms with Crippen LogP contribution in [0.5, 0.6) is 0 Å². The van der Waals surface area contributed by atoms with E-state index >= 15 is 0 Å². The highest BCUT2D eigenvalue weighted by Crippen LogP contribution is 2.43. The van der Waals surface area contributed by atoms with Crippen LogP contribution < -0.4 is 0 Å². The fourth-order valence-electron chi connectivity index (χ4n) is 9.26. The van der Waals surface area contributed by atoms with E-state index in [-0.39, 0.29) is 10.8 Å². The number of aromatic amines is 1. The summed E-state index contributed by atoms with van der Waals surface area (Å²) in [5.74, 6) is 0.908. The van der Waals surface area contributed by atoms with Crippen LogP contribution in [0.1, 0.15) is 69.4 Å². The molecule has 6 heteroatoms. The fourth-order valence-corrected chi connectivity index (χ4v) is 9.26. The minimum absolute atomic E-state index is 0.0203. The van der Waals surface area contributed by atoms with Gasteiger partial charge in [0.1, 0.15) is 17.2 Å². The molecule has 0 aliphatic rings. The van der Waals surface area contributed by atoms with E-state index in [1.165, 1.54) is 44.0 Å². The fraction of sp³-hybridized carbons (Fsp3) is 0.204. The lowest BCUT2D eigenvalue weighted by Gasteiger charge is -2.20. The average molecular weight is 783 g/mol. The molecule has 0 atom stereocenters. The van der Waals surface area contributed by atoms with Crippen molar-refractivity contribution < 1.29 is 0 Å². The van der Waals surface area contributed by atoms with Gasteiger partial charge in [-0.05, 0) is 114 Å². The molecule has 0 amide bonds. The Morgan fingerprint density at radius 1 is 0.533 bits per heavy atom. The van der Waals surface area contributed by atoms with Crippen molar-refractivity contribution in [2.75, 3.05) is 0 Å². The van der Waals surface area contributed by atoms with Crippen LogP contribution in [0.3, 0.4) is 0 Å². The third-order valence-corrected chi connectivity index (χ3v) is 12.2. The summed E-state index contributed by atoms with van der Waals surface area (Å²) in [5, 5.41) is 13.2. The molecule has 0 spiro atoms. The van der Waals surface area contributed by atoms with Crippen LogP contribution in [0.15, 0.2) is 134 Å². The van der Waals surface area contributed by atoms with Crippen molar-refractivity contribution in [3.05, 3.63) is 161 Å². The van der Waals surface area contributed by atoms with Crippen molar-refractivity contribution in [3.63, 3.8) is 0 Å². The van der Waals surface area contributed by atoms with Crippen LogP contribution in [0.25, 0.3) is 89.0 Å². The Hall–Kier alpha value is -6.79. The molecule has 10 rings (SSSR count). The molecule has 5 heterocycles. The van der Waals surface area contributed by atoms with Gasteiger partial charge in [0.15, 0.2) is 0 Å². The lowest BCUT2D eigenvalue weighted by molar-refractivity contribution is 0.588. The summed E-state index contributed by atoms with van der Waals surface area (Å²) in [6.45, 7) is 20.1. The molecule has 1 N–H and O–H groups in total. The quantitative estimate of drug-likeness (QED) is 0.189. The second-order valence-corrected chi connectivity index (χ2v) is 18.6. The van der Waals surface area contributed by atoms with Gasteiger partial charge in [-0.25, -0.2) is 9.97 Å². The topological polar surface area (TPSA) is 64.3 Å². The van der Waals surface area contributed by atoms with E-state index in [4.69, 9.17) is 15.1 Å². The van der Waals surface area contributed by atoms with E-state index in [2.05, 4.69) is 204 Å². The standard InChI is InChI=1S/C54H50N6/c1-32-27-33(2)48(34(3)28-32)51-49(35-15-11-10-12-16-35)50(57-58-51)43-23-22-41-42-29-36(53(4,5)6)19-24-45(42)59(52(41)56-43)38-20-21-40-39-17-13-14-18-44(39)60(46(40)31-38)47-30-37(25-26-55-47)54(7,8)9/h10-31H,1-9H3,(H,57,58). The number of aromatic nitrogens is 6. The zero-order chi connectivity index (χ0) is 41.7. The minimum atomic E-state index is -0.0204. The molecule has 0 aliphatic heterocycles. The number of rotatable bonds is 5. The Kier molecular flexibility index (Phi) is 8.52. The highest BCUT2D eigenvalue weighted by Gasteiger charge is 2.25. The second kappa shape index (κ2) is 13.6. The highest BCUT2D eigenvalue weighted by atomic mass is 15.1. The third kappa shape index (κ3) is 6.04. The predicted octanol–water partition coefficient (Wildman–Crippen LogP) is 13.9. The Labute approximate surface area is 351 Å². The van der Waals surface area contributed by atoms with Crippen molar-refractivity contribution in [2.45, 2.75) is 73.1 Å². The van der Waals surface area contributed by atoms with E-state index in [1.807, 2.05) is 6.20 Å². The molecule has 5 aromatic carbocycles. The molecule has 0 bridgehead atoms. The van der Waals surface area contributed by atoms with Gasteiger partial charge in [-0.1, -0.05) is 120 Å². The molecule has 0 unspecified atom stereocenters. The van der Waals surface area contributed by atoms with Crippen molar-refractivity contribution >= 4 is 43.7 Å². The molecule has 0 saturated carbocycles. The zero-order valence-electron chi connectivity index (χ0n) is 35.9. The number of hydrogen-bond donors (Lipinski definition) is 1. The van der Waals surface area contributed by atoms with E-state index in [9.17, 15) is 0 Å². The van der Waals surface area contributed by atoms with Crippen LogP contribution in [0.4, 0.5) is 0 Å². The molecule has 60 heavy (non-hydrogen) atoms. The molecule has 5 aromatic heterocycles. The maximum atomic E-state index is 5.62. The molecular weight excluding hydrogens is 733 g/mol. The molecule has 10 aromatic rings. The van der Waals surface area contributed by atoms with E-state index in [1.54, 1.807) is 0 Å². The first-order chi connectivity index (χ1) is 28.8. The Balaban J connectivity index is 1.25. The van der Waals surface area contributed by atoms with Gasteiger partial charge < -0.3 is 0 Å². The van der Waals surface area contributed by atoms with Crippen molar-refractivity contribution in [1.29, 1.82) is 0 Å². The first-order valence-corrected chi connectivity index (χ1v) is 20.9. The normalized spacial score (nSPS) is 12.4. The molecule has 0 aliphatic carbocycles. The summed E-state index contributed by atoms with van der Waals surface area (Å²) in [7, 11) is 0. The third-order valence-electron chi connectivity index (χ3n) is 12.2. The number of nitrogens with zero attached hydrogens (tertiary/aromatic N) is 5. The summed E-state index contributed by atoms with van der Waals surface area (Å²) in [6.07, 6.45) is 1.94. The first kappa shape index (κ1) is 37.5. The SMILES string of the molecule is Cc1cc(C)c(-c2n[nH]c(-c3ccc4c5cc(C(C)(C)C)ccc5n(-c5ccc6c7ccccc7n(-c7cc(C(C)(C)C)ccn7)c6c5)c4n3)c2-c2ccccc2)c(C)c1. The summed E-state index contributed by atoms with van der Waals surface area (Å²) in [4.78, 5) is 10.6. The molecular formula is C54H50N6. The van der Waals surface area contributed by atoms with Crippen LogP contribution in [0, 0.1) is 20.8 Å². The summed E-state index contributed by atoms with van der Waals surface area (Å²) < 4.78 is 4.66.